The minimum absolute atomic E-state index is 0.0685. The lowest BCUT2D eigenvalue weighted by atomic mass is 9.96. The molecule has 0 amide bonds. The molecule has 0 aliphatic heterocycles. The fraction of sp³-hybridized carbons (Fsp3) is 0.467. The first-order valence-corrected chi connectivity index (χ1v) is 9.26. The Morgan fingerprint density at radius 2 is 1.67 bits per heavy atom. The summed E-state index contributed by atoms with van der Waals surface area (Å²) in [5.74, 6) is -0.283. The topological polar surface area (TPSA) is 140 Å². The zero-order valence-electron chi connectivity index (χ0n) is 13.7. The van der Waals surface area contributed by atoms with Crippen LogP contribution in [0.15, 0.2) is 39.1 Å². The molecule has 0 radical (unpaired) electrons. The minimum Gasteiger partial charge on any atom is -0.370 e. The Hall–Kier alpha value is -2.13. The van der Waals surface area contributed by atoms with Gasteiger partial charge in [-0.25, -0.2) is 13.4 Å². The fourth-order valence-electron chi connectivity index (χ4n) is 2.79. The molecule has 0 atom stereocenters. The van der Waals surface area contributed by atoms with Gasteiger partial charge in [0.1, 0.15) is 0 Å². The summed E-state index contributed by atoms with van der Waals surface area (Å²) in [6.07, 6.45) is 5.14. The van der Waals surface area contributed by atoms with Crippen LogP contribution in [0.5, 0.6) is 0 Å². The van der Waals surface area contributed by atoms with Crippen molar-refractivity contribution in [2.75, 3.05) is 7.05 Å². The standard InChI is InChI=1S/C15H24N6O2S/c1-21(12-5-3-2-4-6-12)24(22,23)13-9-7-11(8-10-13)19-15(18)20-14(16)17/h7-10,12H,2-6H2,1H3,(H6,16,17,18,19,20). The smallest absolute Gasteiger partial charge is 0.243 e. The van der Waals surface area contributed by atoms with E-state index >= 15 is 0 Å². The molecule has 1 aromatic rings. The van der Waals surface area contributed by atoms with E-state index < -0.39 is 10.0 Å². The third-order valence-corrected chi connectivity index (χ3v) is 6.01. The lowest BCUT2D eigenvalue weighted by Gasteiger charge is -2.30. The predicted octanol–water partition coefficient (Wildman–Crippen LogP) is 0.859. The van der Waals surface area contributed by atoms with Crippen molar-refractivity contribution in [2.24, 2.45) is 27.2 Å². The van der Waals surface area contributed by atoms with Crippen LogP contribution < -0.4 is 17.2 Å². The van der Waals surface area contributed by atoms with Crippen LogP contribution in [0.3, 0.4) is 0 Å². The van der Waals surface area contributed by atoms with E-state index in [1.54, 1.807) is 19.2 Å². The third-order valence-electron chi connectivity index (χ3n) is 4.09. The Bertz CT molecular complexity index is 717. The van der Waals surface area contributed by atoms with E-state index in [2.05, 4.69) is 9.98 Å². The van der Waals surface area contributed by atoms with Gasteiger partial charge in [-0.05, 0) is 37.1 Å². The molecular formula is C15H24N6O2S. The van der Waals surface area contributed by atoms with Gasteiger partial charge in [0.25, 0.3) is 0 Å². The number of benzene rings is 1. The van der Waals surface area contributed by atoms with Crippen LogP contribution in [-0.2, 0) is 10.0 Å². The van der Waals surface area contributed by atoms with E-state index in [1.165, 1.54) is 22.9 Å². The number of nitrogens with zero attached hydrogens (tertiary/aromatic N) is 3. The molecule has 0 spiro atoms. The molecule has 24 heavy (non-hydrogen) atoms. The Kier molecular flexibility index (Phi) is 5.79. The molecule has 8 nitrogen and oxygen atoms in total. The van der Waals surface area contributed by atoms with Crippen LogP contribution in [0.4, 0.5) is 5.69 Å². The summed E-state index contributed by atoms with van der Waals surface area (Å²) in [5, 5.41) is 0. The van der Waals surface area contributed by atoms with Gasteiger partial charge in [-0.1, -0.05) is 19.3 Å². The molecule has 0 unspecified atom stereocenters. The number of rotatable bonds is 4. The van der Waals surface area contributed by atoms with Crippen molar-refractivity contribution in [3.63, 3.8) is 0 Å². The number of nitrogens with two attached hydrogens (primary N) is 3. The maximum absolute atomic E-state index is 12.7. The second kappa shape index (κ2) is 7.63. The lowest BCUT2D eigenvalue weighted by Crippen LogP contribution is -2.38. The minimum atomic E-state index is -3.52. The molecule has 1 fully saturated rings. The largest absolute Gasteiger partial charge is 0.370 e. The van der Waals surface area contributed by atoms with Gasteiger partial charge in [-0.15, -0.1) is 0 Å². The molecular weight excluding hydrogens is 328 g/mol. The Morgan fingerprint density at radius 3 is 2.21 bits per heavy atom. The summed E-state index contributed by atoms with van der Waals surface area (Å²) < 4.78 is 26.9. The highest BCUT2D eigenvalue weighted by Gasteiger charge is 2.28. The molecule has 1 aliphatic rings. The number of aliphatic imine (C=N–C) groups is 2. The first-order chi connectivity index (χ1) is 11.3. The van der Waals surface area contributed by atoms with Gasteiger partial charge in [0.2, 0.25) is 16.0 Å². The first kappa shape index (κ1) is 18.2. The van der Waals surface area contributed by atoms with Gasteiger partial charge in [0.15, 0.2) is 5.96 Å². The van der Waals surface area contributed by atoms with Crippen LogP contribution in [0.1, 0.15) is 32.1 Å². The fourth-order valence-corrected chi connectivity index (χ4v) is 4.21. The Labute approximate surface area is 142 Å². The quantitative estimate of drug-likeness (QED) is 0.544. The zero-order chi connectivity index (χ0) is 17.7. The molecule has 0 heterocycles. The summed E-state index contributed by atoms with van der Waals surface area (Å²) in [5.41, 5.74) is 16.5. The zero-order valence-corrected chi connectivity index (χ0v) is 14.5. The number of hydrogen-bond donors (Lipinski definition) is 3. The van der Waals surface area contributed by atoms with Gasteiger partial charge < -0.3 is 17.2 Å². The summed E-state index contributed by atoms with van der Waals surface area (Å²) in [4.78, 5) is 7.83. The van der Waals surface area contributed by atoms with E-state index in [0.717, 1.165) is 25.7 Å². The van der Waals surface area contributed by atoms with Crippen molar-refractivity contribution in [3.05, 3.63) is 24.3 Å². The third kappa shape index (κ3) is 4.45. The van der Waals surface area contributed by atoms with Gasteiger partial charge in [0.05, 0.1) is 10.6 Å². The van der Waals surface area contributed by atoms with Crippen LogP contribution in [-0.4, -0.2) is 37.7 Å². The molecule has 1 saturated carbocycles. The van der Waals surface area contributed by atoms with Gasteiger partial charge in [0, 0.05) is 13.1 Å². The molecule has 9 heteroatoms. The number of guanidine groups is 2. The summed E-state index contributed by atoms with van der Waals surface area (Å²) >= 11 is 0. The van der Waals surface area contributed by atoms with Crippen molar-refractivity contribution in [1.29, 1.82) is 0 Å². The van der Waals surface area contributed by atoms with E-state index in [4.69, 9.17) is 17.2 Å². The average molecular weight is 352 g/mol. The molecule has 2 rings (SSSR count). The summed E-state index contributed by atoms with van der Waals surface area (Å²) in [6, 6.07) is 6.22. The van der Waals surface area contributed by atoms with Crippen LogP contribution >= 0.6 is 0 Å². The van der Waals surface area contributed by atoms with Crippen molar-refractivity contribution in [1.82, 2.24) is 4.31 Å². The second-order valence-electron chi connectivity index (χ2n) is 5.81. The van der Waals surface area contributed by atoms with Crippen molar-refractivity contribution < 1.29 is 8.42 Å². The molecule has 6 N–H and O–H groups in total. The van der Waals surface area contributed by atoms with E-state index in [9.17, 15) is 8.42 Å². The van der Waals surface area contributed by atoms with Crippen molar-refractivity contribution in [2.45, 2.75) is 43.0 Å². The highest BCUT2D eigenvalue weighted by atomic mass is 32.2. The monoisotopic (exact) mass is 352 g/mol. The number of hydrogen-bond acceptors (Lipinski definition) is 3. The van der Waals surface area contributed by atoms with Crippen molar-refractivity contribution >= 4 is 27.6 Å². The summed E-state index contributed by atoms with van der Waals surface area (Å²) in [6.45, 7) is 0. The maximum Gasteiger partial charge on any atom is 0.243 e. The van der Waals surface area contributed by atoms with E-state index in [0.29, 0.717) is 5.69 Å². The van der Waals surface area contributed by atoms with E-state index in [-0.39, 0.29) is 22.9 Å². The molecule has 0 bridgehead atoms. The molecule has 1 aromatic carbocycles. The highest BCUT2D eigenvalue weighted by molar-refractivity contribution is 7.89. The lowest BCUT2D eigenvalue weighted by molar-refractivity contribution is 0.286. The summed E-state index contributed by atoms with van der Waals surface area (Å²) in [7, 11) is -1.87. The number of sulfonamides is 1. The highest BCUT2D eigenvalue weighted by Crippen LogP contribution is 2.27. The van der Waals surface area contributed by atoms with Gasteiger partial charge >= 0.3 is 0 Å². The van der Waals surface area contributed by atoms with Gasteiger partial charge in [-0.2, -0.15) is 9.30 Å². The first-order valence-electron chi connectivity index (χ1n) is 7.82. The molecule has 0 saturated heterocycles. The SMILES string of the molecule is CN(C1CCCCC1)S(=O)(=O)c1ccc(N=C(N)N=C(N)N)cc1. The van der Waals surface area contributed by atoms with E-state index in [1.807, 2.05) is 0 Å². The predicted molar refractivity (Wildman–Crippen MR) is 95.4 cm³/mol. The van der Waals surface area contributed by atoms with Gasteiger partial charge in [-0.3, -0.25) is 0 Å². The van der Waals surface area contributed by atoms with Crippen LogP contribution in [0, 0.1) is 0 Å². The molecule has 0 aromatic heterocycles. The Morgan fingerprint density at radius 1 is 1.08 bits per heavy atom. The molecule has 1 aliphatic carbocycles. The second-order valence-corrected chi connectivity index (χ2v) is 7.81. The van der Waals surface area contributed by atoms with Crippen LogP contribution in [0.25, 0.3) is 0 Å². The maximum atomic E-state index is 12.7. The average Bonchev–Trinajstić information content (AvgIpc) is 2.54. The van der Waals surface area contributed by atoms with Crippen molar-refractivity contribution in [3.8, 4) is 0 Å². The molecule has 132 valence electrons. The normalized spacial score (nSPS) is 17.0. The Balaban J connectivity index is 2.18. The van der Waals surface area contributed by atoms with Crippen LogP contribution in [0.2, 0.25) is 0 Å².